The third-order valence-corrected chi connectivity index (χ3v) is 3.91. The molecule has 1 aromatic carbocycles. The Kier molecular flexibility index (Phi) is 5.19. The first-order valence-electron chi connectivity index (χ1n) is 7.09. The number of nitrogen functional groups attached to an aromatic ring is 1. The van der Waals surface area contributed by atoms with Crippen molar-refractivity contribution in [2.75, 3.05) is 25.4 Å². The Hall–Kier alpha value is -1.10. The van der Waals surface area contributed by atoms with E-state index in [4.69, 9.17) is 10.8 Å². The summed E-state index contributed by atoms with van der Waals surface area (Å²) in [7, 11) is 0. The van der Waals surface area contributed by atoms with Gasteiger partial charge in [0.1, 0.15) is 0 Å². The second kappa shape index (κ2) is 6.89. The van der Waals surface area contributed by atoms with Crippen molar-refractivity contribution in [3.8, 4) is 0 Å². The molecule has 106 valence electrons. The van der Waals surface area contributed by atoms with Gasteiger partial charge < -0.3 is 15.9 Å². The van der Waals surface area contributed by atoms with Gasteiger partial charge in [0.25, 0.3) is 0 Å². The second-order valence-electron chi connectivity index (χ2n) is 5.34. The minimum absolute atomic E-state index is 0.218. The van der Waals surface area contributed by atoms with Gasteiger partial charge >= 0.3 is 0 Å². The third kappa shape index (κ3) is 3.93. The average molecular weight is 264 g/mol. The molecule has 19 heavy (non-hydrogen) atoms. The van der Waals surface area contributed by atoms with Crippen LogP contribution in [0.25, 0.3) is 0 Å². The first-order valence-corrected chi connectivity index (χ1v) is 7.09. The summed E-state index contributed by atoms with van der Waals surface area (Å²) in [6.45, 7) is 1.84. The minimum atomic E-state index is -0.511. The number of aliphatic hydroxyl groups excluding tert-OH is 2. The van der Waals surface area contributed by atoms with E-state index >= 15 is 0 Å². The highest BCUT2D eigenvalue weighted by Gasteiger charge is 2.24. The summed E-state index contributed by atoms with van der Waals surface area (Å²) in [5, 5.41) is 19.4. The first kappa shape index (κ1) is 14.3. The van der Waals surface area contributed by atoms with Crippen LogP contribution < -0.4 is 5.73 Å². The summed E-state index contributed by atoms with van der Waals surface area (Å²) in [6, 6.07) is 7.83. The Labute approximate surface area is 114 Å². The van der Waals surface area contributed by atoms with Crippen LogP contribution in [-0.4, -0.2) is 40.9 Å². The summed E-state index contributed by atoms with van der Waals surface area (Å²) in [4.78, 5) is 2.30. The smallest absolute Gasteiger partial charge is 0.0917 e. The van der Waals surface area contributed by atoms with Crippen LogP contribution in [0, 0.1) is 0 Å². The number of β-amino-alcohol motifs (C(OH)–C–C–N with tert-alkyl or cyclic N) is 1. The number of aliphatic hydroxyl groups is 2. The molecular weight excluding hydrogens is 240 g/mol. The van der Waals surface area contributed by atoms with Crippen LogP contribution in [0.2, 0.25) is 0 Å². The lowest BCUT2D eigenvalue weighted by Gasteiger charge is -2.36. The number of anilines is 1. The topological polar surface area (TPSA) is 69.7 Å². The molecule has 0 bridgehead atoms. The number of piperidine rings is 1. The maximum atomic E-state index is 10.3. The van der Waals surface area contributed by atoms with Gasteiger partial charge in [-0.25, -0.2) is 0 Å². The van der Waals surface area contributed by atoms with E-state index in [1.54, 1.807) is 0 Å². The summed E-state index contributed by atoms with van der Waals surface area (Å²) in [6.07, 6.45) is 3.79. The number of nitrogens with two attached hydrogens (primary N) is 1. The molecule has 4 nitrogen and oxygen atoms in total. The van der Waals surface area contributed by atoms with Crippen molar-refractivity contribution < 1.29 is 10.2 Å². The van der Waals surface area contributed by atoms with E-state index in [9.17, 15) is 5.11 Å². The van der Waals surface area contributed by atoms with Crippen molar-refractivity contribution in [3.63, 3.8) is 0 Å². The van der Waals surface area contributed by atoms with E-state index in [1.165, 1.54) is 12.8 Å². The summed E-state index contributed by atoms with van der Waals surface area (Å²) in [5.41, 5.74) is 7.30. The zero-order valence-corrected chi connectivity index (χ0v) is 11.3. The molecule has 2 atom stereocenters. The predicted molar refractivity (Wildman–Crippen MR) is 76.7 cm³/mol. The van der Waals surface area contributed by atoms with Crippen LogP contribution in [0.1, 0.15) is 37.4 Å². The lowest BCUT2D eigenvalue weighted by Crippen LogP contribution is -2.42. The van der Waals surface area contributed by atoms with Crippen molar-refractivity contribution in [2.24, 2.45) is 0 Å². The Morgan fingerprint density at radius 2 is 2.21 bits per heavy atom. The standard InChI is InChI=1S/C15H24N2O2/c16-13-5-3-4-12(10-13)15(19)11-17-8-2-1-6-14(17)7-9-18/h3-5,10,14-15,18-19H,1-2,6-9,11,16H2. The van der Waals surface area contributed by atoms with Crippen molar-refractivity contribution >= 4 is 5.69 Å². The van der Waals surface area contributed by atoms with Gasteiger partial charge in [0.05, 0.1) is 6.10 Å². The molecule has 4 heteroatoms. The van der Waals surface area contributed by atoms with Crippen LogP contribution in [0.4, 0.5) is 5.69 Å². The molecule has 1 saturated heterocycles. The Balaban J connectivity index is 1.98. The van der Waals surface area contributed by atoms with Crippen LogP contribution in [-0.2, 0) is 0 Å². The highest BCUT2D eigenvalue weighted by atomic mass is 16.3. The number of benzene rings is 1. The molecular formula is C15H24N2O2. The molecule has 0 aliphatic carbocycles. The molecule has 0 radical (unpaired) electrons. The molecule has 2 unspecified atom stereocenters. The quantitative estimate of drug-likeness (QED) is 0.706. The Morgan fingerprint density at radius 3 is 2.95 bits per heavy atom. The molecule has 4 N–H and O–H groups in total. The van der Waals surface area contributed by atoms with E-state index in [0.29, 0.717) is 18.3 Å². The monoisotopic (exact) mass is 264 g/mol. The minimum Gasteiger partial charge on any atom is -0.399 e. The lowest BCUT2D eigenvalue weighted by atomic mass is 9.98. The van der Waals surface area contributed by atoms with Crippen molar-refractivity contribution in [1.82, 2.24) is 4.90 Å². The lowest BCUT2D eigenvalue weighted by molar-refractivity contribution is 0.0565. The fraction of sp³-hybridized carbons (Fsp3) is 0.600. The largest absolute Gasteiger partial charge is 0.399 e. The van der Waals surface area contributed by atoms with E-state index in [0.717, 1.165) is 24.9 Å². The molecule has 0 aromatic heterocycles. The van der Waals surface area contributed by atoms with Crippen molar-refractivity contribution in [3.05, 3.63) is 29.8 Å². The molecule has 1 fully saturated rings. The maximum Gasteiger partial charge on any atom is 0.0917 e. The Bertz CT molecular complexity index is 395. The number of nitrogens with zero attached hydrogens (tertiary/aromatic N) is 1. The number of likely N-dealkylation sites (tertiary alicyclic amines) is 1. The number of hydrogen-bond acceptors (Lipinski definition) is 4. The fourth-order valence-corrected chi connectivity index (χ4v) is 2.87. The van der Waals surface area contributed by atoms with Crippen LogP contribution in [0.5, 0.6) is 0 Å². The van der Waals surface area contributed by atoms with Crippen LogP contribution >= 0.6 is 0 Å². The average Bonchev–Trinajstić information content (AvgIpc) is 2.41. The van der Waals surface area contributed by atoms with Crippen LogP contribution in [0.15, 0.2) is 24.3 Å². The summed E-state index contributed by atoms with van der Waals surface area (Å²) >= 11 is 0. The molecule has 0 saturated carbocycles. The number of rotatable bonds is 5. The molecule has 1 heterocycles. The third-order valence-electron chi connectivity index (χ3n) is 3.91. The second-order valence-corrected chi connectivity index (χ2v) is 5.34. The van der Waals surface area contributed by atoms with Gasteiger partial charge in [-0.3, -0.25) is 4.90 Å². The van der Waals surface area contributed by atoms with E-state index < -0.39 is 6.10 Å². The normalized spacial score (nSPS) is 22.3. The molecule has 1 aliphatic rings. The first-order chi connectivity index (χ1) is 9.20. The van der Waals surface area contributed by atoms with Gasteiger partial charge in [0, 0.05) is 24.9 Å². The van der Waals surface area contributed by atoms with Gasteiger partial charge in [-0.2, -0.15) is 0 Å². The zero-order chi connectivity index (χ0) is 13.7. The van der Waals surface area contributed by atoms with Gasteiger partial charge in [0.15, 0.2) is 0 Å². The molecule has 1 aliphatic heterocycles. The van der Waals surface area contributed by atoms with E-state index in [2.05, 4.69) is 4.90 Å². The maximum absolute atomic E-state index is 10.3. The van der Waals surface area contributed by atoms with Crippen molar-refractivity contribution in [2.45, 2.75) is 37.8 Å². The summed E-state index contributed by atoms with van der Waals surface area (Å²) < 4.78 is 0. The molecule has 1 aromatic rings. The SMILES string of the molecule is Nc1cccc(C(O)CN2CCCCC2CCO)c1. The van der Waals surface area contributed by atoms with Gasteiger partial charge in [-0.1, -0.05) is 18.6 Å². The van der Waals surface area contributed by atoms with E-state index in [1.807, 2.05) is 24.3 Å². The molecule has 2 rings (SSSR count). The fourth-order valence-electron chi connectivity index (χ4n) is 2.87. The summed E-state index contributed by atoms with van der Waals surface area (Å²) in [5.74, 6) is 0. The molecule has 0 spiro atoms. The van der Waals surface area contributed by atoms with Crippen molar-refractivity contribution in [1.29, 1.82) is 0 Å². The van der Waals surface area contributed by atoms with Gasteiger partial charge in [0.2, 0.25) is 0 Å². The molecule has 0 amide bonds. The zero-order valence-electron chi connectivity index (χ0n) is 11.3. The van der Waals surface area contributed by atoms with Crippen LogP contribution in [0.3, 0.4) is 0 Å². The number of hydrogen-bond donors (Lipinski definition) is 3. The predicted octanol–water partition coefficient (Wildman–Crippen LogP) is 1.54. The van der Waals surface area contributed by atoms with Gasteiger partial charge in [-0.05, 0) is 43.5 Å². The van der Waals surface area contributed by atoms with Gasteiger partial charge in [-0.15, -0.1) is 0 Å². The van der Waals surface area contributed by atoms with E-state index in [-0.39, 0.29) is 6.61 Å². The Morgan fingerprint density at radius 1 is 1.37 bits per heavy atom. The highest BCUT2D eigenvalue weighted by molar-refractivity contribution is 5.41. The highest BCUT2D eigenvalue weighted by Crippen LogP contribution is 2.24.